The van der Waals surface area contributed by atoms with Gasteiger partial charge < -0.3 is 16.0 Å². The van der Waals surface area contributed by atoms with Gasteiger partial charge in [-0.05, 0) is 37.6 Å². The standard InChI is InChI=1S/C12H14FN3O/c13-7-3-4-9-8(6-7)11(16-12(17)15-9)10-2-1-5-14-10/h3-4,6,10-11,14H,1-2,5H2,(H2,15,16,17). The van der Waals surface area contributed by atoms with Gasteiger partial charge in [-0.1, -0.05) is 0 Å². The van der Waals surface area contributed by atoms with E-state index in [1.165, 1.54) is 12.1 Å². The maximum atomic E-state index is 13.3. The van der Waals surface area contributed by atoms with Crippen LogP contribution >= 0.6 is 0 Å². The summed E-state index contributed by atoms with van der Waals surface area (Å²) in [6.07, 6.45) is 2.09. The van der Waals surface area contributed by atoms with E-state index in [0.717, 1.165) is 24.9 Å². The first-order valence-corrected chi connectivity index (χ1v) is 5.84. The van der Waals surface area contributed by atoms with Crippen LogP contribution in [0.25, 0.3) is 0 Å². The van der Waals surface area contributed by atoms with Crippen LogP contribution in [0.4, 0.5) is 14.9 Å². The fourth-order valence-electron chi connectivity index (χ4n) is 2.60. The lowest BCUT2D eigenvalue weighted by Crippen LogP contribution is -2.46. The van der Waals surface area contributed by atoms with E-state index in [2.05, 4.69) is 16.0 Å². The minimum absolute atomic E-state index is 0.142. The van der Waals surface area contributed by atoms with Crippen LogP contribution in [0.5, 0.6) is 0 Å². The van der Waals surface area contributed by atoms with Gasteiger partial charge in [0.15, 0.2) is 0 Å². The highest BCUT2D eigenvalue weighted by atomic mass is 19.1. The van der Waals surface area contributed by atoms with E-state index in [1.54, 1.807) is 6.07 Å². The first kappa shape index (κ1) is 10.5. The smallest absolute Gasteiger partial charge is 0.319 e. The van der Waals surface area contributed by atoms with Crippen LogP contribution in [0, 0.1) is 5.82 Å². The molecule has 1 aromatic carbocycles. The Balaban J connectivity index is 1.99. The van der Waals surface area contributed by atoms with Crippen molar-refractivity contribution in [3.63, 3.8) is 0 Å². The van der Waals surface area contributed by atoms with E-state index >= 15 is 0 Å². The van der Waals surface area contributed by atoms with Crippen LogP contribution in [-0.4, -0.2) is 18.6 Å². The topological polar surface area (TPSA) is 53.2 Å². The Morgan fingerprint density at radius 1 is 1.35 bits per heavy atom. The van der Waals surface area contributed by atoms with Gasteiger partial charge in [0.05, 0.1) is 6.04 Å². The first-order valence-electron chi connectivity index (χ1n) is 5.84. The summed E-state index contributed by atoms with van der Waals surface area (Å²) in [5, 5.41) is 8.90. The number of benzene rings is 1. The van der Waals surface area contributed by atoms with Crippen molar-refractivity contribution in [1.82, 2.24) is 10.6 Å². The number of carbonyl (C=O) groups is 1. The number of urea groups is 1. The monoisotopic (exact) mass is 235 g/mol. The van der Waals surface area contributed by atoms with Gasteiger partial charge in [-0.15, -0.1) is 0 Å². The molecule has 2 aliphatic heterocycles. The zero-order chi connectivity index (χ0) is 11.8. The van der Waals surface area contributed by atoms with Crippen LogP contribution in [0.3, 0.4) is 0 Å². The maximum Gasteiger partial charge on any atom is 0.319 e. The molecule has 1 saturated heterocycles. The maximum absolute atomic E-state index is 13.3. The van der Waals surface area contributed by atoms with Crippen LogP contribution in [-0.2, 0) is 0 Å². The molecule has 1 aromatic rings. The molecular weight excluding hydrogens is 221 g/mol. The molecule has 0 radical (unpaired) electrons. The van der Waals surface area contributed by atoms with Crippen molar-refractivity contribution in [3.8, 4) is 0 Å². The first-order chi connectivity index (χ1) is 8.24. The molecule has 4 nitrogen and oxygen atoms in total. The number of halogens is 1. The molecule has 2 atom stereocenters. The number of hydrogen-bond donors (Lipinski definition) is 3. The zero-order valence-electron chi connectivity index (χ0n) is 9.29. The van der Waals surface area contributed by atoms with E-state index in [9.17, 15) is 9.18 Å². The second kappa shape index (κ2) is 4.00. The van der Waals surface area contributed by atoms with E-state index in [-0.39, 0.29) is 23.9 Å². The van der Waals surface area contributed by atoms with E-state index in [1.807, 2.05) is 0 Å². The average Bonchev–Trinajstić information content (AvgIpc) is 2.82. The molecule has 3 N–H and O–H groups in total. The minimum Gasteiger partial charge on any atom is -0.329 e. The Morgan fingerprint density at radius 2 is 2.24 bits per heavy atom. The molecule has 90 valence electrons. The number of rotatable bonds is 1. The van der Waals surface area contributed by atoms with Crippen LogP contribution in [0.1, 0.15) is 24.4 Å². The lowest BCUT2D eigenvalue weighted by molar-refractivity contribution is 0.243. The van der Waals surface area contributed by atoms with Crippen molar-refractivity contribution >= 4 is 11.7 Å². The molecule has 17 heavy (non-hydrogen) atoms. The molecule has 3 rings (SSSR count). The van der Waals surface area contributed by atoms with Gasteiger partial charge in [0.2, 0.25) is 0 Å². The molecule has 5 heteroatoms. The van der Waals surface area contributed by atoms with Crippen LogP contribution < -0.4 is 16.0 Å². The van der Waals surface area contributed by atoms with Crippen molar-refractivity contribution in [2.45, 2.75) is 24.9 Å². The Morgan fingerprint density at radius 3 is 3.00 bits per heavy atom. The van der Waals surface area contributed by atoms with Crippen LogP contribution in [0.15, 0.2) is 18.2 Å². The third-order valence-electron chi connectivity index (χ3n) is 3.38. The summed E-state index contributed by atoms with van der Waals surface area (Å²) >= 11 is 0. The quantitative estimate of drug-likeness (QED) is 0.694. The molecule has 2 unspecified atom stereocenters. The highest BCUT2D eigenvalue weighted by Gasteiger charge is 2.32. The van der Waals surface area contributed by atoms with E-state index in [4.69, 9.17) is 0 Å². The fourth-order valence-corrected chi connectivity index (χ4v) is 2.60. The number of amides is 2. The van der Waals surface area contributed by atoms with Crippen molar-refractivity contribution in [3.05, 3.63) is 29.6 Å². The average molecular weight is 235 g/mol. The largest absolute Gasteiger partial charge is 0.329 e. The van der Waals surface area contributed by atoms with Crippen molar-refractivity contribution in [1.29, 1.82) is 0 Å². The fraction of sp³-hybridized carbons (Fsp3) is 0.417. The van der Waals surface area contributed by atoms with Gasteiger partial charge in [0.25, 0.3) is 0 Å². The number of fused-ring (bicyclic) bond motifs is 1. The second-order valence-corrected chi connectivity index (χ2v) is 4.51. The summed E-state index contributed by atoms with van der Waals surface area (Å²) in [6, 6.07) is 4.31. The van der Waals surface area contributed by atoms with Gasteiger partial charge in [0, 0.05) is 17.3 Å². The van der Waals surface area contributed by atoms with Gasteiger partial charge in [-0.3, -0.25) is 0 Å². The highest BCUT2D eigenvalue weighted by Crippen LogP contribution is 2.32. The molecule has 0 aliphatic carbocycles. The van der Waals surface area contributed by atoms with E-state index < -0.39 is 0 Å². The van der Waals surface area contributed by atoms with Gasteiger partial charge in [0.1, 0.15) is 5.82 Å². The summed E-state index contributed by atoms with van der Waals surface area (Å²) in [6.45, 7) is 0.953. The predicted molar refractivity (Wildman–Crippen MR) is 62.3 cm³/mol. The summed E-state index contributed by atoms with van der Waals surface area (Å²) in [5.41, 5.74) is 1.53. The Bertz CT molecular complexity index is 457. The lowest BCUT2D eigenvalue weighted by atomic mass is 9.95. The predicted octanol–water partition coefficient (Wildman–Crippen LogP) is 1.75. The van der Waals surface area contributed by atoms with Crippen molar-refractivity contribution in [2.75, 3.05) is 11.9 Å². The summed E-state index contributed by atoms with van der Waals surface area (Å²) in [5.74, 6) is -0.273. The molecule has 1 fully saturated rings. The third-order valence-corrected chi connectivity index (χ3v) is 3.38. The number of carbonyl (C=O) groups excluding carboxylic acids is 1. The minimum atomic E-state index is -0.273. The molecule has 0 aromatic heterocycles. The summed E-state index contributed by atoms with van der Waals surface area (Å²) in [4.78, 5) is 11.5. The molecule has 2 aliphatic rings. The summed E-state index contributed by atoms with van der Waals surface area (Å²) < 4.78 is 13.3. The van der Waals surface area contributed by atoms with Gasteiger partial charge in [-0.2, -0.15) is 0 Å². The highest BCUT2D eigenvalue weighted by molar-refractivity contribution is 5.93. The summed E-state index contributed by atoms with van der Waals surface area (Å²) in [7, 11) is 0. The number of anilines is 1. The second-order valence-electron chi connectivity index (χ2n) is 4.51. The molecule has 2 heterocycles. The SMILES string of the molecule is O=C1Nc2ccc(F)cc2C(C2CCCN2)N1. The zero-order valence-corrected chi connectivity index (χ0v) is 9.29. The Labute approximate surface area is 98.6 Å². The normalized spacial score (nSPS) is 27.2. The van der Waals surface area contributed by atoms with Crippen LogP contribution in [0.2, 0.25) is 0 Å². The van der Waals surface area contributed by atoms with Crippen molar-refractivity contribution < 1.29 is 9.18 Å². The molecular formula is C12H14FN3O. The Kier molecular flexibility index (Phi) is 2.48. The van der Waals surface area contributed by atoms with Gasteiger partial charge >= 0.3 is 6.03 Å². The van der Waals surface area contributed by atoms with Crippen molar-refractivity contribution in [2.24, 2.45) is 0 Å². The lowest BCUT2D eigenvalue weighted by Gasteiger charge is -2.31. The van der Waals surface area contributed by atoms with Gasteiger partial charge in [-0.25, -0.2) is 9.18 Å². The van der Waals surface area contributed by atoms with E-state index in [0.29, 0.717) is 5.69 Å². The molecule has 2 amide bonds. The number of nitrogens with one attached hydrogen (secondary N) is 3. The number of hydrogen-bond acceptors (Lipinski definition) is 2. The molecule has 0 saturated carbocycles. The molecule has 0 bridgehead atoms. The third kappa shape index (κ3) is 1.86. The molecule has 0 spiro atoms. The Hall–Kier alpha value is -1.62.